The van der Waals surface area contributed by atoms with Gasteiger partial charge in [0.05, 0.1) is 5.69 Å². The van der Waals surface area contributed by atoms with Crippen molar-refractivity contribution in [2.45, 2.75) is 6.92 Å². The Bertz CT molecular complexity index is 860. The van der Waals surface area contributed by atoms with Crippen LogP contribution in [-0.2, 0) is 0 Å². The summed E-state index contributed by atoms with van der Waals surface area (Å²) < 4.78 is 15.0. The van der Waals surface area contributed by atoms with E-state index in [4.69, 9.17) is 5.73 Å². The van der Waals surface area contributed by atoms with Crippen molar-refractivity contribution < 1.29 is 9.18 Å². The molecule has 1 heterocycles. The molecule has 0 fully saturated rings. The molecule has 0 spiro atoms. The van der Waals surface area contributed by atoms with Crippen LogP contribution in [0.15, 0.2) is 48.5 Å². The molecule has 0 unspecified atom stereocenters. The second-order valence-corrected chi connectivity index (χ2v) is 4.96. The number of benzene rings is 2. The summed E-state index contributed by atoms with van der Waals surface area (Å²) >= 11 is 0. The van der Waals surface area contributed by atoms with Crippen LogP contribution in [-0.4, -0.2) is 20.8 Å². The van der Waals surface area contributed by atoms with Crippen molar-refractivity contribution in [3.63, 3.8) is 0 Å². The van der Waals surface area contributed by atoms with Crippen LogP contribution in [0, 0.1) is 12.7 Å². The standard InChI is InChI=1S/C16H14FN5O/c1-10-9-12(7-8-13(10)17)22-14(11-5-3-2-4-6-11)19-16(21-22)20-15(18)23/h2-9H,1H3,(H3,18,20,21,23). The lowest BCUT2D eigenvalue weighted by molar-refractivity contribution is 0.259. The number of aromatic nitrogens is 3. The van der Waals surface area contributed by atoms with E-state index in [1.54, 1.807) is 19.1 Å². The van der Waals surface area contributed by atoms with E-state index in [1.165, 1.54) is 10.7 Å². The highest BCUT2D eigenvalue weighted by atomic mass is 19.1. The maximum absolute atomic E-state index is 13.5. The van der Waals surface area contributed by atoms with Gasteiger partial charge in [0.25, 0.3) is 5.95 Å². The molecule has 2 aromatic carbocycles. The number of primary amides is 1. The summed E-state index contributed by atoms with van der Waals surface area (Å²) in [6, 6.07) is 13.2. The monoisotopic (exact) mass is 311 g/mol. The molecule has 0 bridgehead atoms. The van der Waals surface area contributed by atoms with Crippen LogP contribution in [0.25, 0.3) is 17.1 Å². The molecule has 0 saturated heterocycles. The first-order valence-corrected chi connectivity index (χ1v) is 6.90. The zero-order chi connectivity index (χ0) is 16.4. The van der Waals surface area contributed by atoms with Gasteiger partial charge in [-0.3, -0.25) is 5.32 Å². The van der Waals surface area contributed by atoms with E-state index < -0.39 is 6.03 Å². The minimum atomic E-state index is -0.753. The van der Waals surface area contributed by atoms with Crippen LogP contribution in [0.2, 0.25) is 0 Å². The van der Waals surface area contributed by atoms with Gasteiger partial charge in [0.2, 0.25) is 0 Å². The molecule has 2 amide bonds. The average Bonchev–Trinajstić information content (AvgIpc) is 2.94. The number of rotatable bonds is 3. The van der Waals surface area contributed by atoms with Crippen molar-refractivity contribution in [1.29, 1.82) is 0 Å². The van der Waals surface area contributed by atoms with Crippen molar-refractivity contribution in [3.05, 3.63) is 59.9 Å². The van der Waals surface area contributed by atoms with Gasteiger partial charge < -0.3 is 5.73 Å². The number of carbonyl (C=O) groups is 1. The number of hydrogen-bond donors (Lipinski definition) is 2. The van der Waals surface area contributed by atoms with Crippen LogP contribution in [0.5, 0.6) is 0 Å². The molecule has 0 aliphatic carbocycles. The third-order valence-electron chi connectivity index (χ3n) is 3.26. The summed E-state index contributed by atoms with van der Waals surface area (Å²) in [5, 5.41) is 6.59. The lowest BCUT2D eigenvalue weighted by atomic mass is 10.2. The minimum Gasteiger partial charge on any atom is -0.351 e. The summed E-state index contributed by atoms with van der Waals surface area (Å²) in [5.41, 5.74) is 7.04. The Morgan fingerprint density at radius 3 is 2.61 bits per heavy atom. The molecule has 23 heavy (non-hydrogen) atoms. The number of carbonyl (C=O) groups excluding carboxylic acids is 1. The molecule has 6 nitrogen and oxygen atoms in total. The van der Waals surface area contributed by atoms with Gasteiger partial charge in [-0.2, -0.15) is 4.98 Å². The van der Waals surface area contributed by atoms with E-state index in [0.717, 1.165) is 5.56 Å². The fraction of sp³-hybridized carbons (Fsp3) is 0.0625. The molecular weight excluding hydrogens is 297 g/mol. The zero-order valence-electron chi connectivity index (χ0n) is 12.3. The van der Waals surface area contributed by atoms with Gasteiger partial charge in [0.1, 0.15) is 5.82 Å². The Labute approximate surface area is 131 Å². The SMILES string of the molecule is Cc1cc(-n2nc(NC(N)=O)nc2-c2ccccc2)ccc1F. The highest BCUT2D eigenvalue weighted by Crippen LogP contribution is 2.23. The smallest absolute Gasteiger partial charge is 0.319 e. The van der Waals surface area contributed by atoms with E-state index in [1.807, 2.05) is 30.3 Å². The van der Waals surface area contributed by atoms with Crippen LogP contribution in [0.3, 0.4) is 0 Å². The number of nitrogens with two attached hydrogens (primary N) is 1. The van der Waals surface area contributed by atoms with Crippen molar-refractivity contribution in [1.82, 2.24) is 14.8 Å². The second kappa shape index (κ2) is 5.88. The number of hydrogen-bond acceptors (Lipinski definition) is 3. The number of anilines is 1. The number of urea groups is 1. The van der Waals surface area contributed by atoms with Gasteiger partial charge in [-0.25, -0.2) is 13.9 Å². The van der Waals surface area contributed by atoms with Crippen molar-refractivity contribution in [3.8, 4) is 17.1 Å². The average molecular weight is 311 g/mol. The first-order chi connectivity index (χ1) is 11.0. The predicted octanol–water partition coefficient (Wildman–Crippen LogP) is 2.87. The number of halogens is 1. The Hall–Kier alpha value is -3.22. The van der Waals surface area contributed by atoms with Crippen LogP contribution >= 0.6 is 0 Å². The maximum Gasteiger partial charge on any atom is 0.319 e. The van der Waals surface area contributed by atoms with E-state index in [9.17, 15) is 9.18 Å². The molecule has 3 aromatic rings. The summed E-state index contributed by atoms with van der Waals surface area (Å²) in [6.07, 6.45) is 0. The highest BCUT2D eigenvalue weighted by molar-refractivity contribution is 5.86. The van der Waals surface area contributed by atoms with Gasteiger partial charge in [-0.15, -0.1) is 5.10 Å². The molecule has 7 heteroatoms. The summed E-state index contributed by atoms with van der Waals surface area (Å²) in [7, 11) is 0. The van der Waals surface area contributed by atoms with Crippen LogP contribution < -0.4 is 11.1 Å². The van der Waals surface area contributed by atoms with Gasteiger partial charge in [-0.1, -0.05) is 30.3 Å². The third kappa shape index (κ3) is 3.03. The Morgan fingerprint density at radius 2 is 1.96 bits per heavy atom. The first-order valence-electron chi connectivity index (χ1n) is 6.90. The topological polar surface area (TPSA) is 85.8 Å². The van der Waals surface area contributed by atoms with Crippen molar-refractivity contribution >= 4 is 12.0 Å². The molecule has 0 aliphatic rings. The van der Waals surface area contributed by atoms with Gasteiger partial charge in [-0.05, 0) is 30.7 Å². The Balaban J connectivity index is 2.15. The number of aryl methyl sites for hydroxylation is 1. The Kier molecular flexibility index (Phi) is 3.76. The molecule has 1 aromatic heterocycles. The Morgan fingerprint density at radius 1 is 1.22 bits per heavy atom. The maximum atomic E-state index is 13.5. The predicted molar refractivity (Wildman–Crippen MR) is 84.7 cm³/mol. The minimum absolute atomic E-state index is 0.0818. The van der Waals surface area contributed by atoms with E-state index >= 15 is 0 Å². The van der Waals surface area contributed by atoms with Gasteiger partial charge in [0, 0.05) is 5.56 Å². The molecule has 0 saturated carbocycles. The molecule has 116 valence electrons. The fourth-order valence-corrected chi connectivity index (χ4v) is 2.19. The van der Waals surface area contributed by atoms with E-state index in [2.05, 4.69) is 15.4 Å². The first kappa shape index (κ1) is 14.7. The molecule has 3 rings (SSSR count). The van der Waals surface area contributed by atoms with Crippen LogP contribution in [0.4, 0.5) is 15.1 Å². The largest absolute Gasteiger partial charge is 0.351 e. The molecule has 0 atom stereocenters. The summed E-state index contributed by atoms with van der Waals surface area (Å²) in [4.78, 5) is 15.3. The molecule has 0 radical (unpaired) electrons. The highest BCUT2D eigenvalue weighted by Gasteiger charge is 2.15. The van der Waals surface area contributed by atoms with Gasteiger partial charge >= 0.3 is 6.03 Å². The second-order valence-electron chi connectivity index (χ2n) is 4.96. The summed E-state index contributed by atoms with van der Waals surface area (Å²) in [5.74, 6) is 0.296. The lowest BCUT2D eigenvalue weighted by Crippen LogP contribution is -2.20. The van der Waals surface area contributed by atoms with Gasteiger partial charge in [0.15, 0.2) is 5.82 Å². The molecular formula is C16H14FN5O. The number of amides is 2. The zero-order valence-corrected chi connectivity index (χ0v) is 12.3. The van der Waals surface area contributed by atoms with E-state index in [-0.39, 0.29) is 11.8 Å². The molecule has 3 N–H and O–H groups in total. The number of nitrogens with one attached hydrogen (secondary N) is 1. The normalized spacial score (nSPS) is 10.5. The molecule has 0 aliphatic heterocycles. The third-order valence-corrected chi connectivity index (χ3v) is 3.26. The van der Waals surface area contributed by atoms with Crippen molar-refractivity contribution in [2.24, 2.45) is 5.73 Å². The fourth-order valence-electron chi connectivity index (χ4n) is 2.19. The lowest BCUT2D eigenvalue weighted by Gasteiger charge is -2.07. The van der Waals surface area contributed by atoms with Crippen LogP contribution in [0.1, 0.15) is 5.56 Å². The van der Waals surface area contributed by atoms with E-state index in [0.29, 0.717) is 17.1 Å². The number of nitrogens with zero attached hydrogens (tertiary/aromatic N) is 3. The summed E-state index contributed by atoms with van der Waals surface area (Å²) in [6.45, 7) is 1.67. The quantitative estimate of drug-likeness (QED) is 0.780. The van der Waals surface area contributed by atoms with Crippen molar-refractivity contribution in [2.75, 3.05) is 5.32 Å².